The Bertz CT molecular complexity index is 1130. The number of thiophene rings is 1. The third-order valence-electron chi connectivity index (χ3n) is 6.59. The standard InChI is InChI=1S/C20H22FN3O2S.C4H5NS/c21-14-3-4-16-17(9-14)27-19(18(16)13-1-2-13)20(26)24-10-15(11-24)23-7-5-22(12-25)6-8-23;1-4-5-2-3-6-4/h3-4,9,12-13,15H,1-2,5-8,10-11H2;2-3H,1H3. The van der Waals surface area contributed by atoms with Crippen molar-refractivity contribution in [3.05, 3.63) is 51.0 Å². The maximum Gasteiger partial charge on any atom is 0.264 e. The average molecular weight is 487 g/mol. The number of nitrogens with zero attached hydrogens (tertiary/aromatic N) is 4. The Morgan fingerprint density at radius 3 is 2.52 bits per heavy atom. The fraction of sp³-hybridized carbons (Fsp3) is 0.458. The van der Waals surface area contributed by atoms with Crippen LogP contribution in [0.15, 0.2) is 29.8 Å². The van der Waals surface area contributed by atoms with Gasteiger partial charge in [-0.25, -0.2) is 4.39 Å². The molecule has 0 atom stereocenters. The van der Waals surface area contributed by atoms with Crippen molar-refractivity contribution >= 4 is 45.1 Å². The monoisotopic (exact) mass is 486 g/mol. The predicted molar refractivity (Wildman–Crippen MR) is 130 cm³/mol. The van der Waals surface area contributed by atoms with Crippen LogP contribution in [0.25, 0.3) is 10.1 Å². The van der Waals surface area contributed by atoms with Crippen LogP contribution in [-0.2, 0) is 4.79 Å². The summed E-state index contributed by atoms with van der Waals surface area (Å²) in [7, 11) is 0. The first-order chi connectivity index (χ1) is 16.0. The Morgan fingerprint density at radius 2 is 1.94 bits per heavy atom. The van der Waals surface area contributed by atoms with E-state index in [0.29, 0.717) is 12.0 Å². The Morgan fingerprint density at radius 1 is 1.18 bits per heavy atom. The van der Waals surface area contributed by atoms with Crippen molar-refractivity contribution in [1.29, 1.82) is 0 Å². The molecule has 3 fully saturated rings. The molecule has 0 unspecified atom stereocenters. The lowest BCUT2D eigenvalue weighted by Gasteiger charge is -2.47. The van der Waals surface area contributed by atoms with E-state index in [1.807, 2.05) is 23.3 Å². The van der Waals surface area contributed by atoms with Crippen molar-refractivity contribution in [2.45, 2.75) is 31.7 Å². The van der Waals surface area contributed by atoms with E-state index >= 15 is 0 Å². The Kier molecular flexibility index (Phi) is 6.44. The Hall–Kier alpha value is -2.36. The molecule has 9 heteroatoms. The van der Waals surface area contributed by atoms with Gasteiger partial charge in [-0.15, -0.1) is 22.7 Å². The molecule has 2 aromatic heterocycles. The Labute approximate surface area is 200 Å². The SMILES string of the molecule is Cc1nccs1.O=CN1CCN(C2CN(C(=O)c3sc4cc(F)ccc4c3C3CC3)C2)CC1. The van der Waals surface area contributed by atoms with Crippen LogP contribution in [0.5, 0.6) is 0 Å². The van der Waals surface area contributed by atoms with E-state index in [0.717, 1.165) is 84.1 Å². The summed E-state index contributed by atoms with van der Waals surface area (Å²) < 4.78 is 14.5. The molecule has 0 bridgehead atoms. The third-order valence-corrected chi connectivity index (χ3v) is 8.45. The molecular weight excluding hydrogens is 459 g/mol. The minimum Gasteiger partial charge on any atom is -0.343 e. The van der Waals surface area contributed by atoms with Crippen molar-refractivity contribution in [2.24, 2.45) is 0 Å². The summed E-state index contributed by atoms with van der Waals surface area (Å²) in [5.41, 5.74) is 1.14. The highest BCUT2D eigenvalue weighted by molar-refractivity contribution is 7.21. The number of hydrogen-bond acceptors (Lipinski definition) is 6. The second kappa shape index (κ2) is 9.48. The van der Waals surface area contributed by atoms with Gasteiger partial charge in [0.15, 0.2) is 0 Å². The van der Waals surface area contributed by atoms with Gasteiger partial charge in [0, 0.05) is 61.6 Å². The number of piperazine rings is 1. The van der Waals surface area contributed by atoms with E-state index in [1.165, 1.54) is 17.4 Å². The number of likely N-dealkylation sites (tertiary alicyclic amines) is 1. The number of aryl methyl sites for hydroxylation is 1. The molecule has 174 valence electrons. The zero-order valence-electron chi connectivity index (χ0n) is 18.6. The number of carbonyl (C=O) groups is 2. The van der Waals surface area contributed by atoms with E-state index in [4.69, 9.17) is 0 Å². The fourth-order valence-corrected chi connectivity index (χ4v) is 6.25. The first-order valence-electron chi connectivity index (χ1n) is 11.3. The quantitative estimate of drug-likeness (QED) is 0.524. The van der Waals surface area contributed by atoms with Crippen LogP contribution in [-0.4, -0.2) is 77.3 Å². The fourth-order valence-electron chi connectivity index (χ4n) is 4.52. The van der Waals surface area contributed by atoms with E-state index in [1.54, 1.807) is 28.5 Å². The molecule has 2 amide bonds. The normalized spacial score (nSPS) is 19.2. The van der Waals surface area contributed by atoms with Crippen LogP contribution in [0.2, 0.25) is 0 Å². The maximum absolute atomic E-state index is 13.6. The molecule has 1 aromatic carbocycles. The number of fused-ring (bicyclic) bond motifs is 1. The van der Waals surface area contributed by atoms with Gasteiger partial charge < -0.3 is 9.80 Å². The third kappa shape index (κ3) is 4.81. The minimum absolute atomic E-state index is 0.0984. The number of amides is 2. The molecule has 0 N–H and O–H groups in total. The molecule has 3 aromatic rings. The summed E-state index contributed by atoms with van der Waals surface area (Å²) in [6, 6.07) is 5.26. The van der Waals surface area contributed by atoms with Crippen LogP contribution < -0.4 is 0 Å². The number of aromatic nitrogens is 1. The highest BCUT2D eigenvalue weighted by atomic mass is 32.1. The predicted octanol–water partition coefficient (Wildman–Crippen LogP) is 3.97. The molecule has 1 aliphatic carbocycles. The molecule has 0 radical (unpaired) electrons. The highest BCUT2D eigenvalue weighted by Gasteiger charge is 2.39. The summed E-state index contributed by atoms with van der Waals surface area (Å²) in [4.78, 5) is 34.8. The molecule has 33 heavy (non-hydrogen) atoms. The van der Waals surface area contributed by atoms with Crippen LogP contribution in [0.3, 0.4) is 0 Å². The largest absolute Gasteiger partial charge is 0.343 e. The maximum atomic E-state index is 13.6. The van der Waals surface area contributed by atoms with E-state index in [-0.39, 0.29) is 11.7 Å². The molecule has 1 saturated carbocycles. The zero-order valence-corrected chi connectivity index (χ0v) is 20.2. The average Bonchev–Trinajstić information content (AvgIpc) is 3.39. The van der Waals surface area contributed by atoms with E-state index < -0.39 is 0 Å². The molecular formula is C24H27FN4O2S2. The van der Waals surface area contributed by atoms with Crippen molar-refractivity contribution in [2.75, 3.05) is 39.3 Å². The lowest BCUT2D eigenvalue weighted by molar-refractivity contribution is -0.120. The van der Waals surface area contributed by atoms with Crippen LogP contribution in [0.1, 0.15) is 39.0 Å². The molecule has 3 aliphatic rings. The van der Waals surface area contributed by atoms with E-state index in [2.05, 4.69) is 9.88 Å². The van der Waals surface area contributed by atoms with Gasteiger partial charge in [-0.05, 0) is 48.8 Å². The van der Waals surface area contributed by atoms with E-state index in [9.17, 15) is 14.0 Å². The van der Waals surface area contributed by atoms with Gasteiger partial charge in [-0.2, -0.15) is 0 Å². The van der Waals surface area contributed by atoms with Crippen LogP contribution >= 0.6 is 22.7 Å². The topological polar surface area (TPSA) is 56.8 Å². The lowest BCUT2D eigenvalue weighted by atomic mass is 10.0. The van der Waals surface area contributed by atoms with Gasteiger partial charge in [-0.1, -0.05) is 6.07 Å². The van der Waals surface area contributed by atoms with Gasteiger partial charge in [0.05, 0.1) is 9.88 Å². The van der Waals surface area contributed by atoms with Crippen molar-refractivity contribution in [3.8, 4) is 0 Å². The number of rotatable bonds is 4. The van der Waals surface area contributed by atoms with Gasteiger partial charge >= 0.3 is 0 Å². The molecule has 6 nitrogen and oxygen atoms in total. The number of thiazole rings is 1. The molecule has 6 rings (SSSR count). The molecule has 2 saturated heterocycles. The first-order valence-corrected chi connectivity index (χ1v) is 13.0. The van der Waals surface area contributed by atoms with Gasteiger partial charge in [-0.3, -0.25) is 19.5 Å². The van der Waals surface area contributed by atoms with Crippen molar-refractivity contribution in [3.63, 3.8) is 0 Å². The number of carbonyl (C=O) groups excluding carboxylic acids is 2. The van der Waals surface area contributed by atoms with Crippen molar-refractivity contribution in [1.82, 2.24) is 19.7 Å². The van der Waals surface area contributed by atoms with Gasteiger partial charge in [0.2, 0.25) is 6.41 Å². The van der Waals surface area contributed by atoms with Crippen LogP contribution in [0.4, 0.5) is 4.39 Å². The highest BCUT2D eigenvalue weighted by Crippen LogP contribution is 2.48. The van der Waals surface area contributed by atoms with Gasteiger partial charge in [0.25, 0.3) is 5.91 Å². The first kappa shape index (κ1) is 22.4. The van der Waals surface area contributed by atoms with Gasteiger partial charge in [0.1, 0.15) is 5.82 Å². The summed E-state index contributed by atoms with van der Waals surface area (Å²) in [6.07, 6.45) is 4.96. The minimum atomic E-state index is -0.247. The number of benzene rings is 1. The second-order valence-electron chi connectivity index (χ2n) is 8.85. The summed E-state index contributed by atoms with van der Waals surface area (Å²) in [5.74, 6) is 0.307. The summed E-state index contributed by atoms with van der Waals surface area (Å²) in [6.45, 7) is 6.76. The molecule has 4 heterocycles. The lowest BCUT2D eigenvalue weighted by Crippen LogP contribution is -2.64. The molecule has 0 spiro atoms. The molecule has 2 aliphatic heterocycles. The van der Waals surface area contributed by atoms with Crippen LogP contribution in [0, 0.1) is 12.7 Å². The van der Waals surface area contributed by atoms with Crippen molar-refractivity contribution < 1.29 is 14.0 Å². The zero-order chi connectivity index (χ0) is 22.9. The Balaban J connectivity index is 0.000000332. The summed E-state index contributed by atoms with van der Waals surface area (Å²) in [5, 5.41) is 4.15. The smallest absolute Gasteiger partial charge is 0.264 e. The number of halogens is 1. The number of hydrogen-bond donors (Lipinski definition) is 0. The second-order valence-corrected chi connectivity index (χ2v) is 11.0. The summed E-state index contributed by atoms with van der Waals surface area (Å²) >= 11 is 3.11.